The lowest BCUT2D eigenvalue weighted by Gasteiger charge is -2.34. The molecule has 1 atom stereocenters. The fraction of sp³-hybridized carbons (Fsp3) is 0.455. The molecule has 1 aliphatic heterocycles. The van der Waals surface area contributed by atoms with Crippen LogP contribution in [-0.2, 0) is 9.59 Å². The molecule has 29 heavy (non-hydrogen) atoms. The van der Waals surface area contributed by atoms with Crippen molar-refractivity contribution < 1.29 is 9.59 Å². The molecule has 1 aromatic heterocycles. The lowest BCUT2D eigenvalue weighted by molar-refractivity contribution is -0.132. The van der Waals surface area contributed by atoms with Crippen LogP contribution in [0.25, 0.3) is 0 Å². The minimum absolute atomic E-state index is 0.0150. The number of carbonyl (C=O) groups excluding carboxylic acids is 2. The minimum atomic E-state index is 0.0150. The van der Waals surface area contributed by atoms with Crippen molar-refractivity contribution in [2.45, 2.75) is 25.9 Å². The molecular formula is C22H30N4O2S. The van der Waals surface area contributed by atoms with Gasteiger partial charge in [-0.15, -0.1) is 11.3 Å². The molecule has 0 aliphatic carbocycles. The van der Waals surface area contributed by atoms with Crippen LogP contribution in [0, 0.1) is 0 Å². The molecule has 0 spiro atoms. The predicted octanol–water partition coefficient (Wildman–Crippen LogP) is 2.10. The van der Waals surface area contributed by atoms with Gasteiger partial charge < -0.3 is 10.2 Å². The van der Waals surface area contributed by atoms with Crippen molar-refractivity contribution in [1.82, 2.24) is 20.4 Å². The first-order chi connectivity index (χ1) is 14.0. The number of amides is 2. The van der Waals surface area contributed by atoms with Gasteiger partial charge in [0.05, 0.1) is 19.1 Å². The summed E-state index contributed by atoms with van der Waals surface area (Å²) in [6.07, 6.45) is 0. The standard InChI is InChI=1S/C22H30N4O2S/c1-17(2)24-20(27)16-25-10-12-26(13-11-25)21(28)15-23-22(19-9-6-14-29-19)18-7-4-3-5-8-18/h3-9,14,17,22-23H,10-13,15-16H2,1-2H3,(H,24,27)/t22-/m1/s1. The highest BCUT2D eigenvalue weighted by molar-refractivity contribution is 7.10. The van der Waals surface area contributed by atoms with E-state index in [4.69, 9.17) is 0 Å². The molecule has 2 heterocycles. The lowest BCUT2D eigenvalue weighted by atomic mass is 10.1. The van der Waals surface area contributed by atoms with Gasteiger partial charge in [-0.25, -0.2) is 0 Å². The second-order valence-electron chi connectivity index (χ2n) is 7.62. The third kappa shape index (κ3) is 6.39. The van der Waals surface area contributed by atoms with E-state index in [1.807, 2.05) is 43.0 Å². The average molecular weight is 415 g/mol. The fourth-order valence-electron chi connectivity index (χ4n) is 3.51. The fourth-order valence-corrected chi connectivity index (χ4v) is 4.34. The second kappa shape index (κ2) is 10.5. The molecule has 6 nitrogen and oxygen atoms in total. The number of nitrogens with one attached hydrogen (secondary N) is 2. The molecule has 1 fully saturated rings. The van der Waals surface area contributed by atoms with Crippen LogP contribution < -0.4 is 10.6 Å². The van der Waals surface area contributed by atoms with Crippen LogP contribution in [-0.4, -0.2) is 66.9 Å². The van der Waals surface area contributed by atoms with Crippen LogP contribution in [0.3, 0.4) is 0 Å². The molecule has 2 N–H and O–H groups in total. The van der Waals surface area contributed by atoms with E-state index < -0.39 is 0 Å². The Morgan fingerprint density at radius 2 is 1.76 bits per heavy atom. The highest BCUT2D eigenvalue weighted by atomic mass is 32.1. The Kier molecular flexibility index (Phi) is 7.80. The summed E-state index contributed by atoms with van der Waals surface area (Å²) in [5.74, 6) is 0.150. The highest BCUT2D eigenvalue weighted by Gasteiger charge is 2.23. The van der Waals surface area contributed by atoms with Crippen LogP contribution >= 0.6 is 11.3 Å². The molecular weight excluding hydrogens is 384 g/mol. The molecule has 156 valence electrons. The maximum atomic E-state index is 12.7. The van der Waals surface area contributed by atoms with E-state index in [-0.39, 0.29) is 23.9 Å². The van der Waals surface area contributed by atoms with Gasteiger partial charge in [0.2, 0.25) is 11.8 Å². The van der Waals surface area contributed by atoms with Crippen LogP contribution in [0.4, 0.5) is 0 Å². The summed E-state index contributed by atoms with van der Waals surface area (Å²) in [4.78, 5) is 29.9. The maximum Gasteiger partial charge on any atom is 0.236 e. The predicted molar refractivity (Wildman–Crippen MR) is 117 cm³/mol. The van der Waals surface area contributed by atoms with Gasteiger partial charge in [-0.1, -0.05) is 36.4 Å². The monoisotopic (exact) mass is 414 g/mol. The maximum absolute atomic E-state index is 12.7. The number of hydrogen-bond donors (Lipinski definition) is 2. The number of benzene rings is 1. The summed E-state index contributed by atoms with van der Waals surface area (Å²) in [7, 11) is 0. The van der Waals surface area contributed by atoms with E-state index in [9.17, 15) is 9.59 Å². The van der Waals surface area contributed by atoms with Crippen LogP contribution in [0.1, 0.15) is 30.3 Å². The quantitative estimate of drug-likeness (QED) is 0.694. The third-order valence-electron chi connectivity index (χ3n) is 4.96. The van der Waals surface area contributed by atoms with Gasteiger partial charge >= 0.3 is 0 Å². The summed E-state index contributed by atoms with van der Waals surface area (Å²) in [6.45, 7) is 7.38. The molecule has 1 saturated heterocycles. The highest BCUT2D eigenvalue weighted by Crippen LogP contribution is 2.25. The zero-order valence-corrected chi connectivity index (χ0v) is 18.0. The number of piperazine rings is 1. The van der Waals surface area contributed by atoms with E-state index in [2.05, 4.69) is 39.1 Å². The van der Waals surface area contributed by atoms with E-state index >= 15 is 0 Å². The molecule has 0 bridgehead atoms. The summed E-state index contributed by atoms with van der Waals surface area (Å²) < 4.78 is 0. The van der Waals surface area contributed by atoms with Crippen molar-refractivity contribution in [1.29, 1.82) is 0 Å². The normalized spacial score (nSPS) is 16.0. The molecule has 1 aliphatic rings. The molecule has 2 aromatic rings. The average Bonchev–Trinajstić information content (AvgIpc) is 3.23. The molecule has 0 radical (unpaired) electrons. The van der Waals surface area contributed by atoms with Gasteiger partial charge in [0.25, 0.3) is 0 Å². The molecule has 2 amide bonds. The number of thiophene rings is 1. The zero-order chi connectivity index (χ0) is 20.6. The van der Waals surface area contributed by atoms with Gasteiger partial charge in [0.15, 0.2) is 0 Å². The lowest BCUT2D eigenvalue weighted by Crippen LogP contribution is -2.53. The van der Waals surface area contributed by atoms with Gasteiger partial charge in [-0.05, 0) is 30.9 Å². The molecule has 0 saturated carbocycles. The first kappa shape index (κ1) is 21.5. The van der Waals surface area contributed by atoms with Crippen LogP contribution in [0.15, 0.2) is 47.8 Å². The Hall–Kier alpha value is -2.22. The first-order valence-electron chi connectivity index (χ1n) is 10.1. The van der Waals surface area contributed by atoms with Crippen LogP contribution in [0.2, 0.25) is 0 Å². The number of carbonyl (C=O) groups is 2. The Labute approximate surface area is 176 Å². The molecule has 3 rings (SSSR count). The third-order valence-corrected chi connectivity index (χ3v) is 5.90. The van der Waals surface area contributed by atoms with Crippen molar-refractivity contribution in [3.05, 3.63) is 58.3 Å². The SMILES string of the molecule is CC(C)NC(=O)CN1CCN(C(=O)CN[C@H](c2ccccc2)c2cccs2)CC1. The van der Waals surface area contributed by atoms with Gasteiger partial charge in [-0.2, -0.15) is 0 Å². The molecule has 0 unspecified atom stereocenters. The van der Waals surface area contributed by atoms with E-state index in [1.54, 1.807) is 11.3 Å². The minimum Gasteiger partial charge on any atom is -0.353 e. The van der Waals surface area contributed by atoms with E-state index in [1.165, 1.54) is 4.88 Å². The number of hydrogen-bond acceptors (Lipinski definition) is 5. The van der Waals surface area contributed by atoms with Gasteiger partial charge in [0.1, 0.15) is 0 Å². The van der Waals surface area contributed by atoms with Crippen molar-refractivity contribution in [2.75, 3.05) is 39.3 Å². The first-order valence-corrected chi connectivity index (χ1v) is 11.0. The number of rotatable bonds is 8. The summed E-state index contributed by atoms with van der Waals surface area (Å²) in [5, 5.41) is 8.42. The summed E-state index contributed by atoms with van der Waals surface area (Å²) in [5.41, 5.74) is 1.16. The van der Waals surface area contributed by atoms with E-state index in [0.717, 1.165) is 18.7 Å². The number of nitrogens with zero attached hydrogens (tertiary/aromatic N) is 2. The van der Waals surface area contributed by atoms with Crippen molar-refractivity contribution in [2.24, 2.45) is 0 Å². The molecule has 1 aromatic carbocycles. The Morgan fingerprint density at radius 1 is 1.03 bits per heavy atom. The summed E-state index contributed by atoms with van der Waals surface area (Å²) >= 11 is 1.69. The van der Waals surface area contributed by atoms with Crippen molar-refractivity contribution in [3.63, 3.8) is 0 Å². The van der Waals surface area contributed by atoms with Crippen molar-refractivity contribution in [3.8, 4) is 0 Å². The topological polar surface area (TPSA) is 64.7 Å². The Bertz CT molecular complexity index is 771. The molecule has 7 heteroatoms. The Balaban J connectivity index is 1.49. The van der Waals surface area contributed by atoms with Gasteiger partial charge in [-0.3, -0.25) is 19.8 Å². The van der Waals surface area contributed by atoms with E-state index in [0.29, 0.717) is 26.2 Å². The second-order valence-corrected chi connectivity index (χ2v) is 8.60. The van der Waals surface area contributed by atoms with Gasteiger partial charge in [0, 0.05) is 37.1 Å². The zero-order valence-electron chi connectivity index (χ0n) is 17.1. The smallest absolute Gasteiger partial charge is 0.236 e. The summed E-state index contributed by atoms with van der Waals surface area (Å²) in [6, 6.07) is 14.5. The van der Waals surface area contributed by atoms with Crippen molar-refractivity contribution >= 4 is 23.2 Å². The van der Waals surface area contributed by atoms with Crippen LogP contribution in [0.5, 0.6) is 0 Å². The Morgan fingerprint density at radius 3 is 2.38 bits per heavy atom. The largest absolute Gasteiger partial charge is 0.353 e.